The van der Waals surface area contributed by atoms with E-state index in [4.69, 9.17) is 5.73 Å². The number of sulfonamides is 1. The Balaban J connectivity index is 1.84. The smallest absolute Gasteiger partial charge is 0.315 e. The van der Waals surface area contributed by atoms with Gasteiger partial charge in [-0.2, -0.15) is 0 Å². The van der Waals surface area contributed by atoms with Crippen molar-refractivity contribution in [3.05, 3.63) is 0 Å². The van der Waals surface area contributed by atoms with Gasteiger partial charge < -0.3 is 26.6 Å². The van der Waals surface area contributed by atoms with Crippen molar-refractivity contribution in [2.75, 3.05) is 20.1 Å². The first-order valence-electron chi connectivity index (χ1n) is 16.6. The van der Waals surface area contributed by atoms with E-state index in [2.05, 4.69) is 16.0 Å². The highest BCUT2D eigenvalue weighted by molar-refractivity contribution is 7.90. The molecule has 1 saturated heterocycles. The van der Waals surface area contributed by atoms with E-state index in [0.29, 0.717) is 19.4 Å². The molecule has 268 valence electrons. The van der Waals surface area contributed by atoms with E-state index in [1.807, 2.05) is 55.4 Å². The second kappa shape index (κ2) is 12.9. The third kappa shape index (κ3) is 7.95. The molecule has 5 N–H and O–H groups in total. The molecule has 14 heteroatoms. The fraction of sp³-hybridized carbons (Fsp3) is 0.848. The van der Waals surface area contributed by atoms with E-state index in [9.17, 15) is 32.4 Å². The van der Waals surface area contributed by atoms with Crippen molar-refractivity contribution in [3.8, 4) is 0 Å². The number of nitrogens with two attached hydrogens (primary N) is 1. The molecule has 0 spiro atoms. The van der Waals surface area contributed by atoms with E-state index in [1.165, 1.54) is 16.3 Å². The summed E-state index contributed by atoms with van der Waals surface area (Å²) in [6, 6.07) is -4.21. The predicted octanol–water partition coefficient (Wildman–Crippen LogP) is 2.00. The van der Waals surface area contributed by atoms with Crippen LogP contribution in [0.1, 0.15) is 95.4 Å². The van der Waals surface area contributed by atoms with E-state index in [1.54, 1.807) is 20.8 Å². The lowest BCUT2D eigenvalue weighted by atomic mass is 9.78. The first kappa shape index (κ1) is 38.7. The zero-order valence-electron chi connectivity index (χ0n) is 30.3. The summed E-state index contributed by atoms with van der Waals surface area (Å²) in [5.41, 5.74) is 3.80. The number of primary amides is 1. The summed E-state index contributed by atoms with van der Waals surface area (Å²) < 4.78 is 26.4. The van der Waals surface area contributed by atoms with Crippen molar-refractivity contribution in [1.82, 2.24) is 25.2 Å². The average Bonchev–Trinajstić information content (AvgIpc) is 3.19. The van der Waals surface area contributed by atoms with Crippen LogP contribution in [0.4, 0.5) is 4.79 Å². The highest BCUT2D eigenvalue weighted by atomic mass is 32.2. The van der Waals surface area contributed by atoms with Crippen molar-refractivity contribution >= 4 is 39.6 Å². The van der Waals surface area contributed by atoms with Gasteiger partial charge >= 0.3 is 6.03 Å². The van der Waals surface area contributed by atoms with Gasteiger partial charge in [-0.25, -0.2) is 17.5 Å². The number of hydrogen-bond donors (Lipinski definition) is 4. The molecule has 47 heavy (non-hydrogen) atoms. The Morgan fingerprint density at radius 1 is 0.915 bits per heavy atom. The molecular weight excluding hydrogens is 624 g/mol. The number of carbonyl (C=O) groups excluding carboxylic acids is 5. The maximum Gasteiger partial charge on any atom is 0.315 e. The van der Waals surface area contributed by atoms with E-state index in [0.717, 1.165) is 6.42 Å². The molecule has 1 unspecified atom stereocenters. The lowest BCUT2D eigenvalue weighted by Gasteiger charge is -2.40. The standard InChI is InChI=1S/C33H58N6O7S/c1-30(2,3)20(17-38(12)47(45,46)32(7,8)9)35-29(44)37-25(31(4,5)6)28(43)39-16-19-21(33(19,10)11)23(39)27(42)36-22(18-14-13-15-18)24(40)26(34)41/h18-23,25H,13-17H2,1-12H3,(H2,34,41)(H,36,42)(H2,35,37,44)/t19-,20+,21-,22?,23-,25+/m0/s1. The van der Waals surface area contributed by atoms with Crippen molar-refractivity contribution in [1.29, 1.82) is 0 Å². The number of likely N-dealkylation sites (tertiary alicyclic amines) is 1. The summed E-state index contributed by atoms with van der Waals surface area (Å²) >= 11 is 0. The van der Waals surface area contributed by atoms with Crippen LogP contribution in [0.15, 0.2) is 0 Å². The minimum absolute atomic E-state index is 0.0175. The predicted molar refractivity (Wildman–Crippen MR) is 179 cm³/mol. The van der Waals surface area contributed by atoms with Crippen LogP contribution in [0.2, 0.25) is 0 Å². The lowest BCUT2D eigenvalue weighted by molar-refractivity contribution is -0.145. The molecule has 0 aromatic heterocycles. The Kier molecular flexibility index (Phi) is 10.7. The first-order chi connectivity index (χ1) is 21.1. The second-order valence-electron chi connectivity index (χ2n) is 17.5. The maximum atomic E-state index is 14.3. The number of ketones is 1. The molecule has 6 atom stereocenters. The zero-order chi connectivity index (χ0) is 36.2. The van der Waals surface area contributed by atoms with Crippen LogP contribution in [-0.2, 0) is 29.2 Å². The Hall–Kier alpha value is -2.74. The number of urea groups is 1. The number of nitrogens with zero attached hydrogens (tertiary/aromatic N) is 2. The average molecular weight is 683 g/mol. The molecule has 2 saturated carbocycles. The van der Waals surface area contributed by atoms with Gasteiger partial charge in [-0.3, -0.25) is 19.2 Å². The van der Waals surface area contributed by atoms with Gasteiger partial charge in [-0.05, 0) is 67.6 Å². The highest BCUT2D eigenvalue weighted by Crippen LogP contribution is 2.65. The van der Waals surface area contributed by atoms with Gasteiger partial charge in [-0.15, -0.1) is 0 Å². The van der Waals surface area contributed by atoms with E-state index in [-0.39, 0.29) is 29.7 Å². The number of nitrogens with one attached hydrogen (secondary N) is 3. The van der Waals surface area contributed by atoms with Gasteiger partial charge in [0.25, 0.3) is 5.91 Å². The number of hydrogen-bond acceptors (Lipinski definition) is 7. The normalized spacial score (nSPS) is 24.8. The molecule has 0 aromatic carbocycles. The number of fused-ring (bicyclic) bond motifs is 1. The van der Waals surface area contributed by atoms with Gasteiger partial charge in [-0.1, -0.05) is 61.8 Å². The largest absolute Gasteiger partial charge is 0.363 e. The quantitative estimate of drug-likeness (QED) is 0.240. The van der Waals surface area contributed by atoms with Crippen molar-refractivity contribution in [2.24, 2.45) is 39.7 Å². The highest BCUT2D eigenvalue weighted by Gasteiger charge is 2.70. The molecule has 2 aliphatic carbocycles. The minimum atomic E-state index is -3.67. The van der Waals surface area contributed by atoms with Crippen LogP contribution < -0.4 is 21.7 Å². The van der Waals surface area contributed by atoms with E-state index >= 15 is 0 Å². The molecule has 5 amide bonds. The Labute approximate surface area is 280 Å². The van der Waals surface area contributed by atoms with Crippen LogP contribution in [0.5, 0.6) is 0 Å². The van der Waals surface area contributed by atoms with Crippen LogP contribution in [0.25, 0.3) is 0 Å². The number of piperidine rings is 1. The molecule has 0 radical (unpaired) electrons. The molecule has 1 aliphatic heterocycles. The summed E-state index contributed by atoms with van der Waals surface area (Å²) in [5.74, 6) is -3.18. The molecule has 3 rings (SSSR count). The number of rotatable bonds is 11. The Morgan fingerprint density at radius 2 is 1.47 bits per heavy atom. The summed E-state index contributed by atoms with van der Waals surface area (Å²) in [6.45, 7) is 20.4. The van der Waals surface area contributed by atoms with Crippen molar-refractivity contribution in [3.63, 3.8) is 0 Å². The molecule has 0 aromatic rings. The van der Waals surface area contributed by atoms with E-state index < -0.39 is 79.3 Å². The third-order valence-electron chi connectivity index (χ3n) is 10.6. The van der Waals surface area contributed by atoms with Gasteiger partial charge in [0, 0.05) is 26.2 Å². The number of Topliss-reactive ketones (excluding diaryl/α,β-unsaturated/α-hetero) is 1. The Morgan fingerprint density at radius 3 is 1.89 bits per heavy atom. The van der Waals surface area contributed by atoms with Gasteiger partial charge in [0.15, 0.2) is 0 Å². The zero-order valence-corrected chi connectivity index (χ0v) is 31.1. The first-order valence-corrected chi connectivity index (χ1v) is 18.1. The van der Waals surface area contributed by atoms with Crippen LogP contribution in [0.3, 0.4) is 0 Å². The third-order valence-corrected chi connectivity index (χ3v) is 13.1. The van der Waals surface area contributed by atoms with Crippen LogP contribution in [0, 0.1) is 34.0 Å². The maximum absolute atomic E-state index is 14.3. The van der Waals surface area contributed by atoms with Gasteiger partial charge in [0.05, 0.1) is 4.75 Å². The minimum Gasteiger partial charge on any atom is -0.363 e. The van der Waals surface area contributed by atoms with Crippen LogP contribution in [-0.4, -0.2) is 96.2 Å². The number of likely N-dealkylation sites (N-methyl/N-ethyl adjacent to an activating group) is 1. The number of carbonyl (C=O) groups is 5. The summed E-state index contributed by atoms with van der Waals surface area (Å²) in [5, 5.41) is 8.54. The molecule has 1 heterocycles. The summed E-state index contributed by atoms with van der Waals surface area (Å²) in [6.07, 6.45) is 2.26. The topological polar surface area (TPSA) is 188 Å². The molecular formula is C33H58N6O7S. The van der Waals surface area contributed by atoms with Gasteiger partial charge in [0.1, 0.15) is 18.1 Å². The number of amides is 5. The lowest BCUT2D eigenvalue weighted by Crippen LogP contribution is -2.63. The van der Waals surface area contributed by atoms with Crippen LogP contribution >= 0.6 is 0 Å². The SMILES string of the molecule is CN(C[C@@H](NC(=O)N[C@H](C(=O)N1C[C@H]2[C@@H]([C@H]1C(=O)NC(C(=O)C(N)=O)C1CCC1)C2(C)C)C(C)(C)C)C(C)(C)C)S(=O)(=O)C(C)(C)C. The molecule has 13 nitrogen and oxygen atoms in total. The Bertz CT molecular complexity index is 1370. The van der Waals surface area contributed by atoms with Crippen molar-refractivity contribution in [2.45, 2.75) is 124 Å². The monoisotopic (exact) mass is 682 g/mol. The fourth-order valence-corrected chi connectivity index (χ4v) is 8.16. The molecule has 3 fully saturated rings. The molecule has 0 bridgehead atoms. The van der Waals surface area contributed by atoms with Gasteiger partial charge in [0.2, 0.25) is 27.6 Å². The second-order valence-corrected chi connectivity index (χ2v) is 20.3. The fourth-order valence-electron chi connectivity index (χ4n) is 6.88. The summed E-state index contributed by atoms with van der Waals surface area (Å²) in [7, 11) is -2.19. The summed E-state index contributed by atoms with van der Waals surface area (Å²) in [4.78, 5) is 67.8. The molecule has 3 aliphatic rings. The van der Waals surface area contributed by atoms with Crippen molar-refractivity contribution < 1.29 is 32.4 Å².